The van der Waals surface area contributed by atoms with Gasteiger partial charge in [-0.2, -0.15) is 0 Å². The average Bonchev–Trinajstić information content (AvgIpc) is 3.18. The van der Waals surface area contributed by atoms with Crippen LogP contribution in [0.4, 0.5) is 0 Å². The van der Waals surface area contributed by atoms with E-state index < -0.39 is 0 Å². The van der Waals surface area contributed by atoms with Gasteiger partial charge in [-0.25, -0.2) is 4.98 Å². The third-order valence-electron chi connectivity index (χ3n) is 5.09. The lowest BCUT2D eigenvalue weighted by atomic mass is 10.0. The lowest BCUT2D eigenvalue weighted by Crippen LogP contribution is -2.06. The van der Waals surface area contributed by atoms with E-state index in [4.69, 9.17) is 9.72 Å². The molecule has 5 nitrogen and oxygen atoms in total. The Morgan fingerprint density at radius 3 is 2.75 bits per heavy atom. The Balaban J connectivity index is 1.68. The molecule has 0 radical (unpaired) electrons. The highest BCUT2D eigenvalue weighted by atomic mass is 16.5. The fourth-order valence-corrected chi connectivity index (χ4v) is 3.67. The van der Waals surface area contributed by atoms with Crippen molar-refractivity contribution in [1.82, 2.24) is 19.5 Å². The van der Waals surface area contributed by atoms with Crippen molar-refractivity contribution in [3.63, 3.8) is 0 Å². The van der Waals surface area contributed by atoms with Crippen LogP contribution in [0, 0.1) is 0 Å². The van der Waals surface area contributed by atoms with Crippen LogP contribution < -0.4 is 0 Å². The molecule has 4 aromatic rings. The zero-order valence-electron chi connectivity index (χ0n) is 15.5. The number of hydrogen-bond donors (Lipinski definition) is 0. The van der Waals surface area contributed by atoms with E-state index in [-0.39, 0.29) is 0 Å². The summed E-state index contributed by atoms with van der Waals surface area (Å²) in [6.07, 6.45) is 12.5. The summed E-state index contributed by atoms with van der Waals surface area (Å²) < 4.78 is 7.77. The van der Waals surface area contributed by atoms with Gasteiger partial charge in [-0.3, -0.25) is 9.97 Å². The standard InChI is InChI=1S/C23H20N4O/c1-2-17(15-25-8-1)16-27-11-5-20-22(27)14-21(18-3-9-24-10-4-18)26-23(20)19-6-12-28-13-7-19/h1-6,8-11,14-15H,7,12-13,16H2. The summed E-state index contributed by atoms with van der Waals surface area (Å²) in [7, 11) is 0. The van der Waals surface area contributed by atoms with E-state index in [0.29, 0.717) is 6.61 Å². The average molecular weight is 368 g/mol. The summed E-state index contributed by atoms with van der Waals surface area (Å²) in [5.74, 6) is 0. The molecular weight excluding hydrogens is 348 g/mol. The van der Waals surface area contributed by atoms with E-state index in [1.165, 1.54) is 22.0 Å². The molecular formula is C23H20N4O. The molecule has 0 unspecified atom stereocenters. The van der Waals surface area contributed by atoms with Crippen LogP contribution >= 0.6 is 0 Å². The minimum Gasteiger partial charge on any atom is -0.377 e. The molecule has 1 aliphatic rings. The number of ether oxygens (including phenoxy) is 1. The quantitative estimate of drug-likeness (QED) is 0.537. The van der Waals surface area contributed by atoms with Gasteiger partial charge in [0.25, 0.3) is 0 Å². The van der Waals surface area contributed by atoms with Gasteiger partial charge in [0.15, 0.2) is 0 Å². The van der Waals surface area contributed by atoms with Gasteiger partial charge in [-0.1, -0.05) is 12.1 Å². The van der Waals surface area contributed by atoms with Crippen LogP contribution in [0.1, 0.15) is 17.7 Å². The monoisotopic (exact) mass is 368 g/mol. The van der Waals surface area contributed by atoms with Gasteiger partial charge >= 0.3 is 0 Å². The van der Waals surface area contributed by atoms with Crippen molar-refractivity contribution in [3.8, 4) is 11.3 Å². The zero-order valence-corrected chi connectivity index (χ0v) is 15.5. The van der Waals surface area contributed by atoms with E-state index in [2.05, 4.69) is 45.0 Å². The third-order valence-corrected chi connectivity index (χ3v) is 5.09. The van der Waals surface area contributed by atoms with Gasteiger partial charge in [0.1, 0.15) is 0 Å². The van der Waals surface area contributed by atoms with Crippen LogP contribution in [0.2, 0.25) is 0 Å². The highest BCUT2D eigenvalue weighted by molar-refractivity contribution is 5.93. The minimum absolute atomic E-state index is 0.647. The lowest BCUT2D eigenvalue weighted by Gasteiger charge is -2.16. The van der Waals surface area contributed by atoms with Gasteiger partial charge in [-0.05, 0) is 47.9 Å². The number of nitrogens with zero attached hydrogens (tertiary/aromatic N) is 4. The molecule has 0 saturated carbocycles. The van der Waals surface area contributed by atoms with Crippen molar-refractivity contribution in [2.75, 3.05) is 13.2 Å². The Morgan fingerprint density at radius 2 is 1.96 bits per heavy atom. The van der Waals surface area contributed by atoms with Crippen LogP contribution in [0.25, 0.3) is 27.7 Å². The number of aromatic nitrogens is 4. The fraction of sp³-hybridized carbons (Fsp3) is 0.174. The molecule has 1 aliphatic heterocycles. The van der Waals surface area contributed by atoms with E-state index in [0.717, 1.165) is 36.5 Å². The molecule has 5 heterocycles. The Bertz CT molecular complexity index is 1130. The molecule has 28 heavy (non-hydrogen) atoms. The van der Waals surface area contributed by atoms with Gasteiger partial charge in [0.05, 0.1) is 30.1 Å². The van der Waals surface area contributed by atoms with Crippen molar-refractivity contribution in [1.29, 1.82) is 0 Å². The van der Waals surface area contributed by atoms with Crippen molar-refractivity contribution < 1.29 is 4.74 Å². The largest absolute Gasteiger partial charge is 0.377 e. The third kappa shape index (κ3) is 3.21. The molecule has 0 bridgehead atoms. The van der Waals surface area contributed by atoms with Crippen molar-refractivity contribution in [2.24, 2.45) is 0 Å². The highest BCUT2D eigenvalue weighted by Crippen LogP contribution is 2.32. The van der Waals surface area contributed by atoms with Crippen LogP contribution in [-0.4, -0.2) is 32.7 Å². The first-order valence-corrected chi connectivity index (χ1v) is 9.45. The molecule has 138 valence electrons. The van der Waals surface area contributed by atoms with Crippen LogP contribution in [0.3, 0.4) is 0 Å². The first-order chi connectivity index (χ1) is 13.9. The second-order valence-corrected chi connectivity index (χ2v) is 6.88. The Labute approximate surface area is 163 Å². The summed E-state index contributed by atoms with van der Waals surface area (Å²) in [6.45, 7) is 2.16. The van der Waals surface area contributed by atoms with Crippen LogP contribution in [-0.2, 0) is 11.3 Å². The number of hydrogen-bond acceptors (Lipinski definition) is 4. The minimum atomic E-state index is 0.647. The second kappa shape index (κ2) is 7.37. The van der Waals surface area contributed by atoms with Gasteiger partial charge < -0.3 is 9.30 Å². The summed E-state index contributed by atoms with van der Waals surface area (Å²) in [5, 5.41) is 1.18. The second-order valence-electron chi connectivity index (χ2n) is 6.88. The smallest absolute Gasteiger partial charge is 0.0761 e. The molecule has 0 aromatic carbocycles. The van der Waals surface area contributed by atoms with Crippen molar-refractivity contribution in [2.45, 2.75) is 13.0 Å². The molecule has 0 atom stereocenters. The SMILES string of the molecule is C1=C(c2nc(-c3ccncc3)cc3c2ccn3Cc2cccnc2)CCOC1. The summed E-state index contributed by atoms with van der Waals surface area (Å²) >= 11 is 0. The Hall–Kier alpha value is -3.31. The molecule has 0 saturated heterocycles. The zero-order chi connectivity index (χ0) is 18.8. The number of rotatable bonds is 4. The Morgan fingerprint density at radius 1 is 1.04 bits per heavy atom. The maximum absolute atomic E-state index is 5.51. The Kier molecular flexibility index (Phi) is 4.43. The maximum Gasteiger partial charge on any atom is 0.0761 e. The summed E-state index contributed by atoms with van der Waals surface area (Å²) in [6, 6.07) is 12.4. The van der Waals surface area contributed by atoms with Crippen LogP contribution in [0.15, 0.2) is 73.5 Å². The van der Waals surface area contributed by atoms with Gasteiger partial charge in [0.2, 0.25) is 0 Å². The van der Waals surface area contributed by atoms with E-state index in [1.807, 2.05) is 36.8 Å². The number of pyridine rings is 3. The topological polar surface area (TPSA) is 52.8 Å². The van der Waals surface area contributed by atoms with Crippen molar-refractivity contribution >= 4 is 16.5 Å². The molecule has 0 amide bonds. The molecule has 5 heteroatoms. The number of fused-ring (bicyclic) bond motifs is 1. The van der Waals surface area contributed by atoms with Crippen molar-refractivity contribution in [3.05, 3.63) is 84.7 Å². The predicted molar refractivity (Wildman–Crippen MR) is 110 cm³/mol. The first-order valence-electron chi connectivity index (χ1n) is 9.45. The normalized spacial score (nSPS) is 14.2. The molecule has 0 fully saturated rings. The highest BCUT2D eigenvalue weighted by Gasteiger charge is 2.16. The molecule has 5 rings (SSSR count). The fourth-order valence-electron chi connectivity index (χ4n) is 3.67. The van der Waals surface area contributed by atoms with Gasteiger partial charge in [-0.15, -0.1) is 0 Å². The summed E-state index contributed by atoms with van der Waals surface area (Å²) in [5.41, 5.74) is 6.69. The molecule has 0 aliphatic carbocycles. The molecule has 0 N–H and O–H groups in total. The predicted octanol–water partition coefficient (Wildman–Crippen LogP) is 4.35. The molecule has 4 aromatic heterocycles. The van der Waals surface area contributed by atoms with Gasteiger partial charge in [0, 0.05) is 48.5 Å². The van der Waals surface area contributed by atoms with E-state index in [1.54, 1.807) is 6.20 Å². The maximum atomic E-state index is 5.51. The lowest BCUT2D eigenvalue weighted by molar-refractivity contribution is 0.161. The van der Waals surface area contributed by atoms with E-state index >= 15 is 0 Å². The van der Waals surface area contributed by atoms with E-state index in [9.17, 15) is 0 Å². The first kappa shape index (κ1) is 16.8. The molecule has 0 spiro atoms. The summed E-state index contributed by atoms with van der Waals surface area (Å²) in [4.78, 5) is 13.4. The van der Waals surface area contributed by atoms with Crippen LogP contribution in [0.5, 0.6) is 0 Å².